The lowest BCUT2D eigenvalue weighted by Gasteiger charge is -2.26. The molecule has 3 N–H and O–H groups in total. The summed E-state index contributed by atoms with van der Waals surface area (Å²) in [4.78, 5) is 2.49. The van der Waals surface area contributed by atoms with Crippen LogP contribution >= 0.6 is 0 Å². The normalized spacial score (nSPS) is 17.7. The van der Waals surface area contributed by atoms with E-state index in [2.05, 4.69) is 23.9 Å². The van der Waals surface area contributed by atoms with Crippen molar-refractivity contribution in [2.45, 2.75) is 45.6 Å². The fourth-order valence-electron chi connectivity index (χ4n) is 1.71. The Bertz CT molecular complexity index is 212. The SMILES string of the molecule is CC(C)N(CCCC(N)=NO)CC1CC1. The summed E-state index contributed by atoms with van der Waals surface area (Å²) >= 11 is 0. The molecule has 0 radical (unpaired) electrons. The molecule has 88 valence electrons. The van der Waals surface area contributed by atoms with E-state index >= 15 is 0 Å². The van der Waals surface area contributed by atoms with Gasteiger partial charge in [0, 0.05) is 19.0 Å². The topological polar surface area (TPSA) is 61.8 Å². The Morgan fingerprint density at radius 2 is 2.20 bits per heavy atom. The summed E-state index contributed by atoms with van der Waals surface area (Å²) in [7, 11) is 0. The lowest BCUT2D eigenvalue weighted by molar-refractivity contribution is 0.211. The van der Waals surface area contributed by atoms with Gasteiger partial charge in [0.15, 0.2) is 0 Å². The minimum absolute atomic E-state index is 0.338. The first-order valence-corrected chi connectivity index (χ1v) is 5.84. The molecule has 0 aromatic rings. The molecule has 1 aliphatic rings. The highest BCUT2D eigenvalue weighted by atomic mass is 16.4. The molecule has 0 amide bonds. The highest BCUT2D eigenvalue weighted by Gasteiger charge is 2.25. The second kappa shape index (κ2) is 5.95. The fraction of sp³-hybridized carbons (Fsp3) is 0.909. The van der Waals surface area contributed by atoms with Crippen LogP contribution in [0.15, 0.2) is 5.16 Å². The zero-order valence-electron chi connectivity index (χ0n) is 9.82. The largest absolute Gasteiger partial charge is 0.409 e. The molecular weight excluding hydrogens is 190 g/mol. The standard InChI is InChI=1S/C11H23N3O/c1-9(2)14(8-10-5-6-10)7-3-4-11(12)13-15/h9-10,15H,3-8H2,1-2H3,(H2,12,13). The second-order valence-electron chi connectivity index (χ2n) is 4.73. The maximum Gasteiger partial charge on any atom is 0.139 e. The van der Waals surface area contributed by atoms with Crippen LogP contribution in [0.1, 0.15) is 39.5 Å². The van der Waals surface area contributed by atoms with Crippen LogP contribution in [-0.4, -0.2) is 35.1 Å². The highest BCUT2D eigenvalue weighted by Crippen LogP contribution is 2.30. The van der Waals surface area contributed by atoms with Crippen LogP contribution in [0.2, 0.25) is 0 Å². The first-order valence-electron chi connectivity index (χ1n) is 5.84. The third kappa shape index (κ3) is 5.02. The number of rotatable bonds is 7. The van der Waals surface area contributed by atoms with Gasteiger partial charge in [0.2, 0.25) is 0 Å². The van der Waals surface area contributed by atoms with Gasteiger partial charge in [0.05, 0.1) is 0 Å². The summed E-state index contributed by atoms with van der Waals surface area (Å²) in [6, 6.07) is 0.595. The van der Waals surface area contributed by atoms with Gasteiger partial charge in [-0.3, -0.25) is 0 Å². The third-order valence-corrected chi connectivity index (χ3v) is 2.93. The lowest BCUT2D eigenvalue weighted by atomic mass is 10.2. The predicted molar refractivity (Wildman–Crippen MR) is 62.1 cm³/mol. The Balaban J connectivity index is 2.18. The van der Waals surface area contributed by atoms with Crippen LogP contribution in [0.25, 0.3) is 0 Å². The number of hydrogen-bond donors (Lipinski definition) is 2. The molecule has 0 unspecified atom stereocenters. The number of nitrogens with zero attached hydrogens (tertiary/aromatic N) is 2. The van der Waals surface area contributed by atoms with Crippen molar-refractivity contribution in [1.29, 1.82) is 0 Å². The number of nitrogens with two attached hydrogens (primary N) is 1. The molecule has 4 heteroatoms. The van der Waals surface area contributed by atoms with Crippen molar-refractivity contribution < 1.29 is 5.21 Å². The van der Waals surface area contributed by atoms with Crippen molar-refractivity contribution in [2.75, 3.05) is 13.1 Å². The van der Waals surface area contributed by atoms with Gasteiger partial charge in [-0.05, 0) is 45.6 Å². The lowest BCUT2D eigenvalue weighted by Crippen LogP contribution is -2.34. The molecule has 0 saturated heterocycles. The Morgan fingerprint density at radius 1 is 1.53 bits per heavy atom. The van der Waals surface area contributed by atoms with Crippen molar-refractivity contribution in [3.63, 3.8) is 0 Å². The summed E-state index contributed by atoms with van der Waals surface area (Å²) in [5.41, 5.74) is 5.43. The molecule has 0 aliphatic heterocycles. The van der Waals surface area contributed by atoms with Crippen LogP contribution in [0.4, 0.5) is 0 Å². The van der Waals surface area contributed by atoms with Crippen LogP contribution in [0.3, 0.4) is 0 Å². The maximum atomic E-state index is 8.41. The monoisotopic (exact) mass is 213 g/mol. The Morgan fingerprint density at radius 3 is 2.67 bits per heavy atom. The summed E-state index contributed by atoms with van der Waals surface area (Å²) in [5, 5.41) is 11.4. The highest BCUT2D eigenvalue weighted by molar-refractivity contribution is 5.79. The summed E-state index contributed by atoms with van der Waals surface area (Å²) in [6.45, 7) is 6.72. The zero-order chi connectivity index (χ0) is 11.3. The van der Waals surface area contributed by atoms with Crippen LogP contribution in [0.5, 0.6) is 0 Å². The quantitative estimate of drug-likeness (QED) is 0.292. The molecule has 0 aromatic heterocycles. The van der Waals surface area contributed by atoms with E-state index in [9.17, 15) is 0 Å². The second-order valence-corrected chi connectivity index (χ2v) is 4.73. The van der Waals surface area contributed by atoms with Gasteiger partial charge < -0.3 is 15.8 Å². The Labute approximate surface area is 92.1 Å². The Hall–Kier alpha value is -0.770. The molecular formula is C11H23N3O. The minimum Gasteiger partial charge on any atom is -0.409 e. The first-order chi connectivity index (χ1) is 7.13. The van der Waals surface area contributed by atoms with E-state index in [1.807, 2.05) is 0 Å². The average molecular weight is 213 g/mol. The molecule has 0 aromatic carbocycles. The molecule has 4 nitrogen and oxygen atoms in total. The predicted octanol–water partition coefficient (Wildman–Crippen LogP) is 1.63. The summed E-state index contributed by atoms with van der Waals surface area (Å²) < 4.78 is 0. The van der Waals surface area contributed by atoms with Gasteiger partial charge in [-0.2, -0.15) is 0 Å². The van der Waals surface area contributed by atoms with E-state index in [1.165, 1.54) is 19.4 Å². The van der Waals surface area contributed by atoms with Crippen LogP contribution < -0.4 is 5.73 Å². The van der Waals surface area contributed by atoms with Crippen molar-refractivity contribution in [3.8, 4) is 0 Å². The van der Waals surface area contributed by atoms with Crippen LogP contribution in [0, 0.1) is 5.92 Å². The van der Waals surface area contributed by atoms with E-state index in [0.29, 0.717) is 18.3 Å². The summed E-state index contributed by atoms with van der Waals surface area (Å²) in [6.07, 6.45) is 4.44. The van der Waals surface area contributed by atoms with Crippen LogP contribution in [-0.2, 0) is 0 Å². The molecule has 0 spiro atoms. The van der Waals surface area contributed by atoms with E-state index < -0.39 is 0 Å². The third-order valence-electron chi connectivity index (χ3n) is 2.93. The average Bonchev–Trinajstić information content (AvgIpc) is 2.99. The molecule has 1 rings (SSSR count). The van der Waals surface area contributed by atoms with E-state index in [4.69, 9.17) is 10.9 Å². The molecule has 1 saturated carbocycles. The van der Waals surface area contributed by atoms with E-state index in [-0.39, 0.29) is 0 Å². The van der Waals surface area contributed by atoms with Gasteiger partial charge in [0.1, 0.15) is 5.84 Å². The van der Waals surface area contributed by atoms with Gasteiger partial charge in [-0.25, -0.2) is 0 Å². The van der Waals surface area contributed by atoms with Gasteiger partial charge >= 0.3 is 0 Å². The molecule has 0 heterocycles. The van der Waals surface area contributed by atoms with Crippen molar-refractivity contribution >= 4 is 5.84 Å². The van der Waals surface area contributed by atoms with Crippen molar-refractivity contribution in [2.24, 2.45) is 16.8 Å². The van der Waals surface area contributed by atoms with Gasteiger partial charge in [-0.15, -0.1) is 0 Å². The zero-order valence-corrected chi connectivity index (χ0v) is 9.82. The van der Waals surface area contributed by atoms with Gasteiger partial charge in [0.25, 0.3) is 0 Å². The maximum absolute atomic E-state index is 8.41. The van der Waals surface area contributed by atoms with E-state index in [1.54, 1.807) is 0 Å². The minimum atomic E-state index is 0.338. The first kappa shape index (κ1) is 12.3. The van der Waals surface area contributed by atoms with E-state index in [0.717, 1.165) is 18.9 Å². The molecule has 0 bridgehead atoms. The fourth-order valence-corrected chi connectivity index (χ4v) is 1.71. The summed E-state index contributed by atoms with van der Waals surface area (Å²) in [5.74, 6) is 1.27. The molecule has 1 aliphatic carbocycles. The van der Waals surface area contributed by atoms with Crippen molar-refractivity contribution in [3.05, 3.63) is 0 Å². The molecule has 15 heavy (non-hydrogen) atoms. The number of oxime groups is 1. The number of hydrogen-bond acceptors (Lipinski definition) is 3. The Kier molecular flexibility index (Phi) is 4.88. The molecule has 0 atom stereocenters. The number of amidine groups is 1. The smallest absolute Gasteiger partial charge is 0.139 e. The molecule has 1 fully saturated rings. The van der Waals surface area contributed by atoms with Crippen molar-refractivity contribution in [1.82, 2.24) is 4.90 Å². The van der Waals surface area contributed by atoms with Gasteiger partial charge in [-0.1, -0.05) is 5.16 Å².